The fourth-order valence-electron chi connectivity index (χ4n) is 4.25. The van der Waals surface area contributed by atoms with Crippen LogP contribution in [0, 0.1) is 13.8 Å². The van der Waals surface area contributed by atoms with Gasteiger partial charge in [-0.1, -0.05) is 36.4 Å². The molecule has 0 atom stereocenters. The lowest BCUT2D eigenvalue weighted by molar-refractivity contribution is -0.159. The molecule has 36 heavy (non-hydrogen) atoms. The zero-order valence-corrected chi connectivity index (χ0v) is 21.2. The molecule has 10 nitrogen and oxygen atoms in total. The lowest BCUT2D eigenvalue weighted by atomic mass is 10.00. The molecule has 0 aliphatic carbocycles. The summed E-state index contributed by atoms with van der Waals surface area (Å²) in [5, 5.41) is 14.8. The van der Waals surface area contributed by atoms with Crippen molar-refractivity contribution in [2.75, 3.05) is 39.3 Å². The number of carbonyl (C=O) groups excluding carboxylic acids is 1. The van der Waals surface area contributed by atoms with E-state index in [9.17, 15) is 13.2 Å². The molecule has 1 saturated heterocycles. The van der Waals surface area contributed by atoms with Crippen LogP contribution < -0.4 is 0 Å². The molecule has 2 aliphatic rings. The maximum Gasteiger partial charge on any atom is 0.414 e. The van der Waals surface area contributed by atoms with Gasteiger partial charge in [0.15, 0.2) is 0 Å². The Labute approximate surface area is 210 Å². The van der Waals surface area contributed by atoms with E-state index in [0.29, 0.717) is 44.2 Å². The second-order valence-electron chi connectivity index (χ2n) is 8.89. The number of hydrogen-bond donors (Lipinski definition) is 2. The van der Waals surface area contributed by atoms with Gasteiger partial charge < -0.3 is 15.1 Å². The van der Waals surface area contributed by atoms with Crippen LogP contribution in [0.4, 0.5) is 0 Å². The van der Waals surface area contributed by atoms with Crippen molar-refractivity contribution in [1.82, 2.24) is 14.1 Å². The molecular formula is C25H31N3O7S. The number of sulfonamides is 1. The topological polar surface area (TPSA) is 136 Å². The van der Waals surface area contributed by atoms with Crippen LogP contribution in [0.15, 0.2) is 47.4 Å². The predicted molar refractivity (Wildman–Crippen MR) is 132 cm³/mol. The Kier molecular flexibility index (Phi) is 8.83. The number of amides is 1. The Bertz CT molecular complexity index is 1230. The third-order valence-electron chi connectivity index (χ3n) is 6.32. The summed E-state index contributed by atoms with van der Waals surface area (Å²) in [4.78, 5) is 35.4. The van der Waals surface area contributed by atoms with Crippen molar-refractivity contribution in [2.24, 2.45) is 0 Å². The van der Waals surface area contributed by atoms with E-state index >= 15 is 0 Å². The average Bonchev–Trinajstić information content (AvgIpc) is 2.85. The Morgan fingerprint density at radius 3 is 2.08 bits per heavy atom. The van der Waals surface area contributed by atoms with Crippen molar-refractivity contribution < 1.29 is 33.0 Å². The molecule has 0 spiro atoms. The van der Waals surface area contributed by atoms with Crippen LogP contribution >= 0.6 is 0 Å². The summed E-state index contributed by atoms with van der Waals surface area (Å²) in [5.74, 6) is -3.53. The van der Waals surface area contributed by atoms with Gasteiger partial charge in [-0.3, -0.25) is 9.69 Å². The summed E-state index contributed by atoms with van der Waals surface area (Å²) in [5.41, 5.74) is 4.25. The Balaban J connectivity index is 0.000000538. The van der Waals surface area contributed by atoms with Crippen molar-refractivity contribution in [2.45, 2.75) is 31.7 Å². The van der Waals surface area contributed by atoms with Gasteiger partial charge in [0.1, 0.15) is 0 Å². The van der Waals surface area contributed by atoms with E-state index in [1.165, 1.54) is 11.1 Å². The normalized spacial score (nSPS) is 16.4. The molecule has 0 bridgehead atoms. The summed E-state index contributed by atoms with van der Waals surface area (Å²) in [6.07, 6.45) is 0.893. The maximum atomic E-state index is 13.1. The smallest absolute Gasteiger partial charge is 0.414 e. The Hall–Kier alpha value is -3.28. The number of nitrogens with zero attached hydrogens (tertiary/aromatic N) is 3. The molecule has 0 aromatic heterocycles. The van der Waals surface area contributed by atoms with Crippen molar-refractivity contribution in [3.63, 3.8) is 0 Å². The molecule has 4 rings (SSSR count). The van der Waals surface area contributed by atoms with Gasteiger partial charge in [-0.15, -0.1) is 0 Å². The van der Waals surface area contributed by atoms with Crippen molar-refractivity contribution >= 4 is 27.9 Å². The third-order valence-corrected chi connectivity index (χ3v) is 8.36. The number of carboxylic acids is 2. The quantitative estimate of drug-likeness (QED) is 0.580. The van der Waals surface area contributed by atoms with E-state index in [1.54, 1.807) is 10.4 Å². The lowest BCUT2D eigenvalue weighted by Gasteiger charge is -2.36. The SMILES string of the molecule is Cc1ccc(C)c(S(=O)(=O)N2CCN(CC(=O)N3CCc4ccccc4C3)CC2)c1.O=C(O)C(=O)O. The number of rotatable bonds is 4. The minimum Gasteiger partial charge on any atom is -0.473 e. The highest BCUT2D eigenvalue weighted by molar-refractivity contribution is 7.89. The van der Waals surface area contributed by atoms with Crippen LogP contribution in [0.1, 0.15) is 22.3 Å². The minimum absolute atomic E-state index is 0.121. The molecule has 2 heterocycles. The highest BCUT2D eigenvalue weighted by Gasteiger charge is 2.31. The monoisotopic (exact) mass is 517 g/mol. The number of carboxylic acid groups (broad SMARTS) is 2. The van der Waals surface area contributed by atoms with Crippen LogP contribution in [0.25, 0.3) is 0 Å². The van der Waals surface area contributed by atoms with E-state index in [4.69, 9.17) is 19.8 Å². The van der Waals surface area contributed by atoms with E-state index in [-0.39, 0.29) is 5.91 Å². The molecule has 0 radical (unpaired) electrons. The third kappa shape index (κ3) is 6.68. The van der Waals surface area contributed by atoms with E-state index in [2.05, 4.69) is 17.0 Å². The van der Waals surface area contributed by atoms with Gasteiger partial charge in [0, 0.05) is 39.3 Å². The van der Waals surface area contributed by atoms with Crippen molar-refractivity contribution in [3.8, 4) is 0 Å². The first-order chi connectivity index (χ1) is 17.0. The summed E-state index contributed by atoms with van der Waals surface area (Å²) in [7, 11) is -3.51. The molecule has 2 aromatic rings. The van der Waals surface area contributed by atoms with Gasteiger partial charge >= 0.3 is 11.9 Å². The fraction of sp³-hybridized carbons (Fsp3) is 0.400. The number of aryl methyl sites for hydroxylation is 2. The average molecular weight is 518 g/mol. The van der Waals surface area contributed by atoms with Crippen LogP contribution in [0.3, 0.4) is 0 Å². The van der Waals surface area contributed by atoms with Gasteiger partial charge in [-0.25, -0.2) is 18.0 Å². The van der Waals surface area contributed by atoms with Crippen LogP contribution in [-0.4, -0.2) is 89.9 Å². The molecule has 194 valence electrons. The lowest BCUT2D eigenvalue weighted by Crippen LogP contribution is -2.51. The van der Waals surface area contributed by atoms with Gasteiger partial charge in [-0.2, -0.15) is 4.31 Å². The van der Waals surface area contributed by atoms with Crippen molar-refractivity contribution in [1.29, 1.82) is 0 Å². The van der Waals surface area contributed by atoms with Gasteiger partial charge in [0.2, 0.25) is 15.9 Å². The summed E-state index contributed by atoms with van der Waals surface area (Å²) >= 11 is 0. The first kappa shape index (κ1) is 27.3. The van der Waals surface area contributed by atoms with Crippen LogP contribution in [-0.2, 0) is 37.4 Å². The second kappa shape index (κ2) is 11.6. The number of piperazine rings is 1. The number of fused-ring (bicyclic) bond motifs is 1. The van der Waals surface area contributed by atoms with Gasteiger partial charge in [0.25, 0.3) is 0 Å². The van der Waals surface area contributed by atoms with E-state index in [0.717, 1.165) is 24.1 Å². The molecule has 2 aliphatic heterocycles. The maximum absolute atomic E-state index is 13.1. The van der Waals surface area contributed by atoms with Gasteiger partial charge in [-0.05, 0) is 48.6 Å². The number of aliphatic carboxylic acids is 2. The number of carbonyl (C=O) groups is 3. The summed E-state index contributed by atoms with van der Waals surface area (Å²) in [6.45, 7) is 7.45. The Morgan fingerprint density at radius 1 is 0.861 bits per heavy atom. The predicted octanol–water partition coefficient (Wildman–Crippen LogP) is 1.35. The standard InChI is InChI=1S/C23H29N3O3S.C2H2O4/c1-18-7-8-19(2)22(15-18)30(28,29)26-13-11-24(12-14-26)17-23(27)25-10-9-20-5-3-4-6-21(20)16-25;3-1(4)2(5)6/h3-8,15H,9-14,16-17H2,1-2H3;(H,3,4)(H,5,6). The molecule has 2 aromatic carbocycles. The zero-order chi connectivity index (χ0) is 26.5. The van der Waals surface area contributed by atoms with E-state index < -0.39 is 22.0 Å². The summed E-state index contributed by atoms with van der Waals surface area (Å²) < 4.78 is 27.7. The Morgan fingerprint density at radius 2 is 1.47 bits per heavy atom. The van der Waals surface area contributed by atoms with Crippen LogP contribution in [0.2, 0.25) is 0 Å². The number of hydrogen-bond acceptors (Lipinski definition) is 6. The summed E-state index contributed by atoms with van der Waals surface area (Å²) in [6, 6.07) is 13.8. The fourth-order valence-corrected chi connectivity index (χ4v) is 5.98. The molecular weight excluding hydrogens is 486 g/mol. The number of benzene rings is 2. The molecule has 0 unspecified atom stereocenters. The molecule has 1 fully saturated rings. The van der Waals surface area contributed by atoms with E-state index in [1.807, 2.05) is 43.0 Å². The highest BCUT2D eigenvalue weighted by Crippen LogP contribution is 2.23. The molecule has 1 amide bonds. The largest absolute Gasteiger partial charge is 0.473 e. The molecule has 0 saturated carbocycles. The minimum atomic E-state index is -3.51. The van der Waals surface area contributed by atoms with Crippen LogP contribution in [0.5, 0.6) is 0 Å². The second-order valence-corrected chi connectivity index (χ2v) is 10.8. The first-order valence-corrected chi connectivity index (χ1v) is 13.0. The molecule has 11 heteroatoms. The van der Waals surface area contributed by atoms with Gasteiger partial charge in [0.05, 0.1) is 11.4 Å². The van der Waals surface area contributed by atoms with Crippen molar-refractivity contribution in [3.05, 3.63) is 64.7 Å². The molecule has 2 N–H and O–H groups in total. The first-order valence-electron chi connectivity index (χ1n) is 11.6. The zero-order valence-electron chi connectivity index (χ0n) is 20.4. The highest BCUT2D eigenvalue weighted by atomic mass is 32.2.